The van der Waals surface area contributed by atoms with Crippen molar-refractivity contribution in [3.8, 4) is 5.88 Å². The lowest BCUT2D eigenvalue weighted by molar-refractivity contribution is 0.0521. The van der Waals surface area contributed by atoms with E-state index in [0.717, 1.165) is 23.9 Å². The summed E-state index contributed by atoms with van der Waals surface area (Å²) in [5.74, 6) is 0.359. The van der Waals surface area contributed by atoms with Crippen molar-refractivity contribution in [2.24, 2.45) is 0 Å². The molecule has 0 aliphatic carbocycles. The summed E-state index contributed by atoms with van der Waals surface area (Å²) in [4.78, 5) is 31.4. The molecule has 0 radical (unpaired) electrons. The third kappa shape index (κ3) is 3.40. The lowest BCUT2D eigenvalue weighted by Gasteiger charge is -2.32. The fraction of sp³-hybridized carbons (Fsp3) is 0.278. The van der Waals surface area contributed by atoms with Gasteiger partial charge < -0.3 is 9.64 Å². The van der Waals surface area contributed by atoms with Gasteiger partial charge in [-0.15, -0.1) is 0 Å². The van der Waals surface area contributed by atoms with Gasteiger partial charge in [0.1, 0.15) is 11.8 Å². The minimum atomic E-state index is -0.120. The van der Waals surface area contributed by atoms with Gasteiger partial charge in [0, 0.05) is 18.9 Å². The largest absolute Gasteiger partial charge is 0.471 e. The Labute approximate surface area is 144 Å². The molecule has 7 heteroatoms. The first kappa shape index (κ1) is 15.4. The van der Waals surface area contributed by atoms with Gasteiger partial charge in [-0.05, 0) is 25.0 Å². The fourth-order valence-corrected chi connectivity index (χ4v) is 2.96. The molecule has 25 heavy (non-hydrogen) atoms. The van der Waals surface area contributed by atoms with Crippen molar-refractivity contribution in [1.29, 1.82) is 0 Å². The van der Waals surface area contributed by atoms with Gasteiger partial charge >= 0.3 is 0 Å². The van der Waals surface area contributed by atoms with E-state index in [4.69, 9.17) is 4.74 Å². The molecule has 2 aromatic heterocycles. The summed E-state index contributed by atoms with van der Waals surface area (Å²) in [6.45, 7) is 1.19. The first-order chi connectivity index (χ1) is 12.3. The highest BCUT2D eigenvalue weighted by atomic mass is 16.5. The van der Waals surface area contributed by atoms with Gasteiger partial charge in [-0.25, -0.2) is 9.97 Å². The van der Waals surface area contributed by atoms with Crippen molar-refractivity contribution in [3.63, 3.8) is 0 Å². The number of carbonyl (C=O) groups excluding carboxylic acids is 1. The Morgan fingerprint density at radius 3 is 2.84 bits per heavy atom. The molecular weight excluding hydrogens is 318 g/mol. The van der Waals surface area contributed by atoms with Crippen LogP contribution in [0.25, 0.3) is 11.0 Å². The van der Waals surface area contributed by atoms with Crippen LogP contribution in [-0.2, 0) is 0 Å². The average Bonchev–Trinajstić information content (AvgIpc) is 2.68. The summed E-state index contributed by atoms with van der Waals surface area (Å²) in [6.07, 6.45) is 7.96. The smallest absolute Gasteiger partial charge is 0.274 e. The lowest BCUT2D eigenvalue weighted by Crippen LogP contribution is -2.44. The van der Waals surface area contributed by atoms with Crippen LogP contribution in [0.5, 0.6) is 5.88 Å². The Hall–Kier alpha value is -3.09. The van der Waals surface area contributed by atoms with E-state index in [1.54, 1.807) is 23.5 Å². The second-order valence-corrected chi connectivity index (χ2v) is 5.92. The highest BCUT2D eigenvalue weighted by Crippen LogP contribution is 2.18. The predicted molar refractivity (Wildman–Crippen MR) is 91.1 cm³/mol. The number of benzene rings is 1. The molecule has 1 aromatic carbocycles. The van der Waals surface area contributed by atoms with E-state index >= 15 is 0 Å². The van der Waals surface area contributed by atoms with E-state index in [9.17, 15) is 4.79 Å². The van der Waals surface area contributed by atoms with Crippen LogP contribution < -0.4 is 4.74 Å². The van der Waals surface area contributed by atoms with Crippen LogP contribution in [0.4, 0.5) is 0 Å². The number of piperidine rings is 1. The Kier molecular flexibility index (Phi) is 4.20. The Morgan fingerprint density at radius 2 is 2.00 bits per heavy atom. The Morgan fingerprint density at radius 1 is 1.12 bits per heavy atom. The van der Waals surface area contributed by atoms with Crippen LogP contribution in [0.2, 0.25) is 0 Å². The van der Waals surface area contributed by atoms with Crippen LogP contribution in [-0.4, -0.2) is 49.9 Å². The standard InChI is InChI=1S/C18H17N5O2/c24-18(16-10-21-14-5-1-2-6-15(14)22-16)23-9-3-4-13(12-23)25-17-11-19-7-8-20-17/h1-2,5-8,10-11,13H,3-4,9,12H2. The van der Waals surface area contributed by atoms with Crippen LogP contribution in [0.1, 0.15) is 23.3 Å². The van der Waals surface area contributed by atoms with Crippen LogP contribution in [0, 0.1) is 0 Å². The molecule has 3 aromatic rings. The molecule has 0 saturated carbocycles. The van der Waals surface area contributed by atoms with Crippen LogP contribution in [0.3, 0.4) is 0 Å². The van der Waals surface area contributed by atoms with Crippen LogP contribution >= 0.6 is 0 Å². The summed E-state index contributed by atoms with van der Waals surface area (Å²) in [5, 5.41) is 0. The number of rotatable bonds is 3. The van der Waals surface area contributed by atoms with Gasteiger partial charge in [0.25, 0.3) is 5.91 Å². The molecule has 7 nitrogen and oxygen atoms in total. The van der Waals surface area contributed by atoms with Crippen molar-refractivity contribution in [2.45, 2.75) is 18.9 Å². The normalized spacial score (nSPS) is 17.4. The van der Waals surface area contributed by atoms with Crippen molar-refractivity contribution >= 4 is 16.9 Å². The summed E-state index contributed by atoms with van der Waals surface area (Å²) in [6, 6.07) is 7.52. The van der Waals surface area contributed by atoms with Crippen molar-refractivity contribution in [2.75, 3.05) is 13.1 Å². The molecule has 1 aliphatic rings. The van der Waals surface area contributed by atoms with Crippen LogP contribution in [0.15, 0.2) is 49.1 Å². The van der Waals surface area contributed by atoms with Gasteiger partial charge in [-0.3, -0.25) is 14.8 Å². The molecule has 0 bridgehead atoms. The summed E-state index contributed by atoms with van der Waals surface area (Å²) in [5.41, 5.74) is 1.86. The number of ether oxygens (including phenoxy) is 1. The van der Waals surface area contributed by atoms with Crippen molar-refractivity contribution < 1.29 is 9.53 Å². The first-order valence-electron chi connectivity index (χ1n) is 8.23. The lowest BCUT2D eigenvalue weighted by atomic mass is 10.1. The average molecular weight is 335 g/mol. The fourth-order valence-electron chi connectivity index (χ4n) is 2.96. The van der Waals surface area contributed by atoms with Gasteiger partial charge in [0.15, 0.2) is 0 Å². The molecule has 1 saturated heterocycles. The maximum Gasteiger partial charge on any atom is 0.274 e. The molecule has 0 N–H and O–H groups in total. The molecule has 1 aliphatic heterocycles. The zero-order valence-corrected chi connectivity index (χ0v) is 13.6. The summed E-state index contributed by atoms with van der Waals surface area (Å²) >= 11 is 0. The van der Waals surface area contributed by atoms with Gasteiger partial charge in [-0.2, -0.15) is 0 Å². The molecule has 1 atom stereocenters. The summed E-state index contributed by atoms with van der Waals surface area (Å²) in [7, 11) is 0. The maximum absolute atomic E-state index is 12.8. The number of likely N-dealkylation sites (tertiary alicyclic amines) is 1. The number of nitrogens with zero attached hydrogens (tertiary/aromatic N) is 5. The van der Waals surface area contributed by atoms with Crippen molar-refractivity contribution in [1.82, 2.24) is 24.8 Å². The zero-order valence-electron chi connectivity index (χ0n) is 13.6. The summed E-state index contributed by atoms with van der Waals surface area (Å²) < 4.78 is 5.84. The number of hydrogen-bond acceptors (Lipinski definition) is 6. The van der Waals surface area contributed by atoms with E-state index in [1.165, 1.54) is 6.20 Å². The maximum atomic E-state index is 12.8. The molecular formula is C18H17N5O2. The highest BCUT2D eigenvalue weighted by molar-refractivity contribution is 5.93. The highest BCUT2D eigenvalue weighted by Gasteiger charge is 2.27. The second kappa shape index (κ2) is 6.80. The van der Waals surface area contributed by atoms with E-state index in [1.807, 2.05) is 24.3 Å². The Bertz CT molecular complexity index is 887. The number of hydrogen-bond donors (Lipinski definition) is 0. The quantitative estimate of drug-likeness (QED) is 0.729. The zero-order chi connectivity index (χ0) is 17.1. The number of para-hydroxylation sites is 2. The minimum absolute atomic E-state index is 0.0946. The SMILES string of the molecule is O=C(c1cnc2ccccc2n1)N1CCCC(Oc2cnccn2)C1. The second-order valence-electron chi connectivity index (χ2n) is 5.92. The van der Waals surface area contributed by atoms with E-state index in [-0.39, 0.29) is 12.0 Å². The third-order valence-corrected chi connectivity index (χ3v) is 4.16. The molecule has 4 rings (SSSR count). The van der Waals surface area contributed by atoms with E-state index in [0.29, 0.717) is 24.7 Å². The molecule has 1 unspecified atom stereocenters. The number of carbonyl (C=O) groups is 1. The Balaban J connectivity index is 1.49. The predicted octanol–water partition coefficient (Wildman–Crippen LogP) is 2.10. The molecule has 126 valence electrons. The molecule has 1 fully saturated rings. The van der Waals surface area contributed by atoms with E-state index in [2.05, 4.69) is 19.9 Å². The van der Waals surface area contributed by atoms with E-state index < -0.39 is 0 Å². The topological polar surface area (TPSA) is 81.1 Å². The van der Waals surface area contributed by atoms with Gasteiger partial charge in [-0.1, -0.05) is 12.1 Å². The number of fused-ring (bicyclic) bond motifs is 1. The van der Waals surface area contributed by atoms with Crippen molar-refractivity contribution in [3.05, 3.63) is 54.7 Å². The molecule has 3 heterocycles. The minimum Gasteiger partial charge on any atom is -0.471 e. The monoisotopic (exact) mass is 335 g/mol. The first-order valence-corrected chi connectivity index (χ1v) is 8.23. The molecule has 1 amide bonds. The van der Waals surface area contributed by atoms with Gasteiger partial charge in [0.2, 0.25) is 5.88 Å². The number of amides is 1. The van der Waals surface area contributed by atoms with Gasteiger partial charge in [0.05, 0.1) is 30.0 Å². The number of aromatic nitrogens is 4. The molecule has 0 spiro atoms. The third-order valence-electron chi connectivity index (χ3n) is 4.16.